The number of unbranched alkanes of at least 4 members (excludes halogenated alkanes) is 1. The zero-order valence-corrected chi connectivity index (χ0v) is 53.3. The average molecular weight is 1340 g/mol. The molecule has 4 heterocycles. The minimum Gasteiger partial charge on any atom is -0.497 e. The van der Waals surface area contributed by atoms with Gasteiger partial charge in [0.1, 0.15) is 65.2 Å². The van der Waals surface area contributed by atoms with Crippen LogP contribution in [0.4, 0.5) is 8.78 Å². The molecule has 0 radical (unpaired) electrons. The molecular weight excluding hydrogens is 1260 g/mol. The average Bonchev–Trinajstić information content (AvgIpc) is 1.60. The lowest BCUT2D eigenvalue weighted by Crippen LogP contribution is -2.63. The molecule has 6 aromatic rings. The van der Waals surface area contributed by atoms with E-state index in [1.165, 1.54) is 74.2 Å². The molecule has 3 aromatic heterocycles. The number of nitrogens with zero attached hydrogens (tertiary/aromatic N) is 2. The van der Waals surface area contributed by atoms with E-state index in [1.54, 1.807) is 24.3 Å². The van der Waals surface area contributed by atoms with Crippen molar-refractivity contribution in [3.8, 4) is 5.75 Å². The van der Waals surface area contributed by atoms with Crippen LogP contribution in [0.15, 0.2) is 85.6 Å². The predicted molar refractivity (Wildman–Crippen MR) is 345 cm³/mol. The maximum atomic E-state index is 15.0. The molecule has 3 aromatic carbocycles. The Morgan fingerprint density at radius 3 is 1.79 bits per heavy atom. The summed E-state index contributed by atoms with van der Waals surface area (Å²) in [6.45, 7) is 1.13. The number of nitrogens with one attached hydrogen (secondary N) is 11. The minimum atomic E-state index is -2.04. The molecule has 0 saturated carbocycles. The van der Waals surface area contributed by atoms with Crippen molar-refractivity contribution in [1.82, 2.24) is 67.4 Å². The molecule has 94 heavy (non-hydrogen) atoms. The van der Waals surface area contributed by atoms with Crippen LogP contribution in [-0.4, -0.2) is 181 Å². The van der Waals surface area contributed by atoms with Crippen LogP contribution in [0.1, 0.15) is 74.3 Å². The summed E-state index contributed by atoms with van der Waals surface area (Å²) in [4.78, 5) is 167. The second kappa shape index (κ2) is 33.8. The molecule has 16 N–H and O–H groups in total. The topological polar surface area (TPSA) is 429 Å². The van der Waals surface area contributed by atoms with E-state index in [9.17, 15) is 66.6 Å². The van der Waals surface area contributed by atoms with Crippen molar-refractivity contribution in [3.05, 3.63) is 120 Å². The van der Waals surface area contributed by atoms with E-state index in [4.69, 9.17) is 16.2 Å². The number of imidazole rings is 1. The second-order valence-electron chi connectivity index (χ2n) is 22.8. The molecule has 28 nitrogen and oxygen atoms in total. The van der Waals surface area contributed by atoms with Crippen LogP contribution in [0.3, 0.4) is 0 Å². The number of halogens is 2. The first-order chi connectivity index (χ1) is 44.9. The Hall–Kier alpha value is -9.56. The SMILES string of the molecule is COc1ccc(C[C@H](NC(=O)[C@H](Cc2cnc[nH]2)NC(=O)[C@H](CC(=O)O)NC(=O)[C@H](Cc2c[nH]c3ccc(F)cc23)NC(=O)[C@H](Cc2c[nH]c3ccc(F)cc23)NC(=O)CNC(=O)[C@H](CCCCN)NC(=O)CCS)C(=O)N2CCC[C@@]2(C)C(=O)N[C@@H](CS)C(N)=O)cc1. The number of aromatic nitrogens is 4. The Kier molecular flexibility index (Phi) is 25.9. The zero-order chi connectivity index (χ0) is 68.2. The maximum Gasteiger partial charge on any atom is 0.305 e. The summed E-state index contributed by atoms with van der Waals surface area (Å²) >= 11 is 8.22. The van der Waals surface area contributed by atoms with Crippen LogP contribution in [0.2, 0.25) is 0 Å². The third-order valence-electron chi connectivity index (χ3n) is 16.0. The Morgan fingerprint density at radius 1 is 0.681 bits per heavy atom. The van der Waals surface area contributed by atoms with Crippen molar-refractivity contribution in [2.24, 2.45) is 11.5 Å². The molecule has 10 amide bonds. The van der Waals surface area contributed by atoms with E-state index in [1.807, 2.05) is 0 Å². The highest BCUT2D eigenvalue weighted by atomic mass is 32.1. The summed E-state index contributed by atoms with van der Waals surface area (Å²) in [6.07, 6.45) is 4.63. The largest absolute Gasteiger partial charge is 0.497 e. The highest BCUT2D eigenvalue weighted by Crippen LogP contribution is 2.31. The van der Waals surface area contributed by atoms with Gasteiger partial charge in [0.15, 0.2) is 0 Å². The standard InChI is InChI=1S/C62H77F2N15O13S2/c1-62(61(91)78-50(31-94)54(66)84)16-5-18-79(62)60(90)49(20-33-7-11-39(92-2)12-8-33)77-58(88)47(25-38-29-67-32-71-38)75-59(89)48(26-53(82)83)76-57(87)46(22-35-28-69-43-14-10-37(64)24-41(35)43)74-56(86)45(21-34-27-68-42-13-9-36(63)23-40(34)42)73-52(81)30-70-55(85)44(6-3-4-17-65)72-51(80)15-19-93/h7-14,23-24,27-29,32,44-50,68-69,93-94H,3-6,15-22,25-26,30-31,65H2,1-2H3,(H2,66,84)(H,67,71)(H,70,85)(H,72,80)(H,73,81)(H,74,86)(H,75,89)(H,76,87)(H,77,88)(H,78,91)(H,82,83)/t44-,45-,46-,47-,48-,49-,50-,62-/m0/s1. The van der Waals surface area contributed by atoms with Gasteiger partial charge in [-0.15, -0.1) is 0 Å². The molecule has 1 aliphatic heterocycles. The number of carbonyl (C=O) groups excluding carboxylic acids is 10. The van der Waals surface area contributed by atoms with Crippen molar-refractivity contribution in [1.29, 1.82) is 0 Å². The first-order valence-electron chi connectivity index (χ1n) is 30.2. The number of carbonyl (C=O) groups is 11. The van der Waals surface area contributed by atoms with E-state index in [0.717, 1.165) is 6.07 Å². The Labute approximate surface area is 548 Å². The lowest BCUT2D eigenvalue weighted by Gasteiger charge is -2.37. The number of amides is 10. The number of hydrogen-bond donors (Lipinski definition) is 16. The van der Waals surface area contributed by atoms with Gasteiger partial charge < -0.3 is 83.7 Å². The summed E-state index contributed by atoms with van der Waals surface area (Å²) in [5.74, 6) is -11.3. The van der Waals surface area contributed by atoms with Crippen LogP contribution < -0.4 is 58.7 Å². The van der Waals surface area contributed by atoms with Gasteiger partial charge in [0.2, 0.25) is 59.1 Å². The Morgan fingerprint density at radius 2 is 1.24 bits per heavy atom. The van der Waals surface area contributed by atoms with Crippen LogP contribution in [0.25, 0.3) is 21.8 Å². The van der Waals surface area contributed by atoms with Crippen LogP contribution in [0, 0.1) is 11.6 Å². The van der Waals surface area contributed by atoms with Crippen LogP contribution in [0.5, 0.6) is 5.75 Å². The predicted octanol–water partition coefficient (Wildman–Crippen LogP) is 0.159. The highest BCUT2D eigenvalue weighted by Gasteiger charge is 2.48. The maximum absolute atomic E-state index is 15.0. The van der Waals surface area contributed by atoms with Crippen molar-refractivity contribution in [3.63, 3.8) is 0 Å². The number of aliphatic carboxylic acids is 1. The Balaban J connectivity index is 1.18. The summed E-state index contributed by atoms with van der Waals surface area (Å²) in [7, 11) is 1.45. The van der Waals surface area contributed by atoms with Crippen LogP contribution in [-0.2, 0) is 78.4 Å². The number of fused-ring (bicyclic) bond motifs is 2. The monoisotopic (exact) mass is 1340 g/mol. The van der Waals surface area contributed by atoms with Crippen LogP contribution >= 0.6 is 25.3 Å². The molecule has 1 fully saturated rings. The lowest BCUT2D eigenvalue weighted by atomic mass is 9.95. The summed E-state index contributed by atoms with van der Waals surface area (Å²) in [6, 6.07) is 3.27. The number of carboxylic acid groups (broad SMARTS) is 1. The number of carboxylic acids is 1. The van der Waals surface area contributed by atoms with Gasteiger partial charge in [0.05, 0.1) is 26.4 Å². The number of ether oxygens (including phenoxy) is 1. The van der Waals surface area contributed by atoms with E-state index in [2.05, 4.69) is 87.7 Å². The molecular formula is C62H77F2N15O13S2. The van der Waals surface area contributed by atoms with Gasteiger partial charge in [0, 0.05) is 90.5 Å². The molecule has 8 atom stereocenters. The quantitative estimate of drug-likeness (QED) is 0.0186. The first-order valence-corrected chi connectivity index (χ1v) is 31.4. The number of methoxy groups -OCH3 is 1. The zero-order valence-electron chi connectivity index (χ0n) is 51.5. The molecule has 504 valence electrons. The van der Waals surface area contributed by atoms with Gasteiger partial charge in [-0.1, -0.05) is 12.1 Å². The third-order valence-corrected chi connectivity index (χ3v) is 16.6. The van der Waals surface area contributed by atoms with Crippen molar-refractivity contribution in [2.45, 2.75) is 125 Å². The molecule has 32 heteroatoms. The molecule has 0 aliphatic carbocycles. The number of thiol groups is 2. The highest BCUT2D eigenvalue weighted by molar-refractivity contribution is 7.80. The molecule has 1 aliphatic rings. The smallest absolute Gasteiger partial charge is 0.305 e. The summed E-state index contributed by atoms with van der Waals surface area (Å²) in [5, 5.41) is 31.3. The molecule has 0 unspecified atom stereocenters. The van der Waals surface area contributed by atoms with E-state index >= 15 is 0 Å². The number of benzene rings is 3. The normalized spacial score (nSPS) is 15.9. The van der Waals surface area contributed by atoms with Gasteiger partial charge >= 0.3 is 5.97 Å². The number of likely N-dealkylation sites (tertiary alicyclic amines) is 1. The first kappa shape index (κ1) is 71.9. The fraction of sp³-hybridized carbons (Fsp3) is 0.419. The molecule has 0 bridgehead atoms. The van der Waals surface area contributed by atoms with Gasteiger partial charge in [0.25, 0.3) is 0 Å². The number of primary amides is 1. The van der Waals surface area contributed by atoms with Gasteiger partial charge in [-0.05, 0) is 117 Å². The molecule has 1 saturated heterocycles. The Bertz CT molecular complexity index is 3710. The summed E-state index contributed by atoms with van der Waals surface area (Å²) < 4.78 is 35.0. The number of rotatable bonds is 35. The summed E-state index contributed by atoms with van der Waals surface area (Å²) in [5.41, 5.74) is 11.8. The number of hydrogen-bond acceptors (Lipinski definition) is 16. The molecule has 0 spiro atoms. The number of H-pyrrole nitrogens is 3. The fourth-order valence-electron chi connectivity index (χ4n) is 10.9. The van der Waals surface area contributed by atoms with Crippen molar-refractivity contribution in [2.75, 3.05) is 38.2 Å². The minimum absolute atomic E-state index is 0.00142. The van der Waals surface area contributed by atoms with Crippen molar-refractivity contribution >= 4 is 112 Å². The van der Waals surface area contributed by atoms with E-state index < -0.39 is 144 Å². The van der Waals surface area contributed by atoms with Gasteiger partial charge in [-0.25, -0.2) is 13.8 Å². The fourth-order valence-corrected chi connectivity index (χ4v) is 11.4. The van der Waals surface area contributed by atoms with E-state index in [-0.39, 0.29) is 73.2 Å². The second-order valence-corrected chi connectivity index (χ2v) is 23.6. The lowest BCUT2D eigenvalue weighted by molar-refractivity contribution is -0.147. The van der Waals surface area contributed by atoms with Crippen molar-refractivity contribution < 1.29 is 71.4 Å². The number of aromatic amines is 3. The molecule has 7 rings (SSSR count). The number of nitrogens with two attached hydrogens (primary N) is 2. The van der Waals surface area contributed by atoms with Gasteiger partial charge in [-0.2, -0.15) is 25.3 Å². The van der Waals surface area contributed by atoms with E-state index in [0.29, 0.717) is 59.1 Å². The van der Waals surface area contributed by atoms with Gasteiger partial charge in [-0.3, -0.25) is 52.7 Å². The third kappa shape index (κ3) is 19.5.